The Kier molecular flexibility index (Phi) is 7.33. The molecule has 0 spiro atoms. The third-order valence-corrected chi connectivity index (χ3v) is 7.65. The first-order valence-electron chi connectivity index (χ1n) is 13.8. The molecule has 8 nitrogen and oxygen atoms in total. The van der Waals surface area contributed by atoms with Crippen molar-refractivity contribution in [1.82, 2.24) is 25.2 Å². The first kappa shape index (κ1) is 24.6. The van der Waals surface area contributed by atoms with Gasteiger partial charge in [0.05, 0.1) is 6.20 Å². The molecule has 196 valence electrons. The largest absolute Gasteiger partial charge is 0.369 e. The van der Waals surface area contributed by atoms with Crippen LogP contribution in [0.2, 0.25) is 0 Å². The maximum absolute atomic E-state index is 13.1. The molecule has 0 atom stereocenters. The fourth-order valence-electron chi connectivity index (χ4n) is 5.47. The maximum atomic E-state index is 13.1. The van der Waals surface area contributed by atoms with E-state index in [1.54, 1.807) is 16.8 Å². The lowest BCUT2D eigenvalue weighted by molar-refractivity contribution is 0.102. The fraction of sp³-hybridized carbons (Fsp3) is 0.367. The lowest BCUT2D eigenvalue weighted by Crippen LogP contribution is -2.43. The van der Waals surface area contributed by atoms with Gasteiger partial charge in [0.25, 0.3) is 5.91 Å². The average molecular weight is 510 g/mol. The van der Waals surface area contributed by atoms with Crippen molar-refractivity contribution >= 4 is 22.9 Å². The summed E-state index contributed by atoms with van der Waals surface area (Å²) < 4.78 is 1.72. The molecule has 1 saturated heterocycles. The van der Waals surface area contributed by atoms with Gasteiger partial charge in [-0.15, -0.1) is 0 Å². The monoisotopic (exact) mass is 509 g/mol. The highest BCUT2D eigenvalue weighted by atomic mass is 16.1. The number of rotatable bonds is 7. The molecule has 38 heavy (non-hydrogen) atoms. The molecule has 0 radical (unpaired) electrons. The summed E-state index contributed by atoms with van der Waals surface area (Å²) in [7, 11) is 0. The van der Waals surface area contributed by atoms with Gasteiger partial charge >= 0.3 is 0 Å². The predicted molar refractivity (Wildman–Crippen MR) is 152 cm³/mol. The highest BCUT2D eigenvalue weighted by molar-refractivity contribution is 6.03. The number of nitrogens with zero attached hydrogens (tertiary/aromatic N) is 4. The number of aromatic nitrogens is 3. The number of hydrogen-bond donors (Lipinski definition) is 3. The molecule has 6 rings (SSSR count). The Morgan fingerprint density at radius 1 is 1.00 bits per heavy atom. The second kappa shape index (κ2) is 11.3. The summed E-state index contributed by atoms with van der Waals surface area (Å²) in [5, 5.41) is 14.6. The maximum Gasteiger partial charge on any atom is 0.274 e. The predicted octanol–water partition coefficient (Wildman–Crippen LogP) is 4.48. The molecule has 4 aromatic rings. The van der Waals surface area contributed by atoms with E-state index in [1.165, 1.54) is 37.7 Å². The Bertz CT molecular complexity index is 1390. The van der Waals surface area contributed by atoms with Gasteiger partial charge in [-0.25, -0.2) is 9.50 Å². The molecular formula is C30H35N7O. The summed E-state index contributed by atoms with van der Waals surface area (Å²) in [6.45, 7) is 4.73. The van der Waals surface area contributed by atoms with E-state index in [-0.39, 0.29) is 5.91 Å². The summed E-state index contributed by atoms with van der Waals surface area (Å²) in [5.74, 6) is -0.235. The Balaban J connectivity index is 1.16. The number of piperazine rings is 1. The van der Waals surface area contributed by atoms with Gasteiger partial charge < -0.3 is 20.9 Å². The van der Waals surface area contributed by atoms with Crippen molar-refractivity contribution < 1.29 is 4.79 Å². The van der Waals surface area contributed by atoms with Crippen molar-refractivity contribution in [1.29, 1.82) is 0 Å². The molecule has 3 heterocycles. The Labute approximate surface area is 223 Å². The van der Waals surface area contributed by atoms with E-state index < -0.39 is 0 Å². The minimum Gasteiger partial charge on any atom is -0.369 e. The molecule has 0 unspecified atom stereocenters. The highest BCUT2D eigenvalue weighted by Crippen LogP contribution is 2.25. The Morgan fingerprint density at radius 2 is 1.82 bits per heavy atom. The Morgan fingerprint density at radius 3 is 2.63 bits per heavy atom. The number of benzene rings is 2. The van der Waals surface area contributed by atoms with Crippen LogP contribution in [0.15, 0.2) is 67.0 Å². The van der Waals surface area contributed by atoms with Crippen molar-refractivity contribution in [2.45, 2.75) is 44.7 Å². The second-order valence-electron chi connectivity index (χ2n) is 10.3. The van der Waals surface area contributed by atoms with Gasteiger partial charge in [0.15, 0.2) is 5.65 Å². The average Bonchev–Trinajstić information content (AvgIpc) is 3.41. The van der Waals surface area contributed by atoms with Crippen LogP contribution < -0.4 is 20.9 Å². The van der Waals surface area contributed by atoms with E-state index in [1.807, 2.05) is 24.4 Å². The topological polar surface area (TPSA) is 86.6 Å². The lowest BCUT2D eigenvalue weighted by atomic mass is 9.95. The van der Waals surface area contributed by atoms with E-state index >= 15 is 0 Å². The van der Waals surface area contributed by atoms with Crippen LogP contribution in [0.25, 0.3) is 16.8 Å². The van der Waals surface area contributed by atoms with Gasteiger partial charge in [-0.1, -0.05) is 49.6 Å². The summed E-state index contributed by atoms with van der Waals surface area (Å²) in [6, 6.07) is 18.9. The minimum atomic E-state index is -0.235. The number of fused-ring (bicyclic) bond motifs is 1. The normalized spacial score (nSPS) is 16.6. The Hall–Kier alpha value is -3.75. The SMILES string of the molecule is O=C(Nc1cccc(N2CCNCC2)c1)c1ccn2ncc(-c3ccc(CNC4CCCCC4)cc3)c2n1. The zero-order valence-corrected chi connectivity index (χ0v) is 21.7. The lowest BCUT2D eigenvalue weighted by Gasteiger charge is -2.29. The number of anilines is 2. The molecule has 3 N–H and O–H groups in total. The van der Waals surface area contributed by atoms with Gasteiger partial charge in [0.1, 0.15) is 5.69 Å². The van der Waals surface area contributed by atoms with Crippen molar-refractivity contribution in [3.05, 3.63) is 78.2 Å². The molecule has 1 aliphatic carbocycles. The zero-order valence-electron chi connectivity index (χ0n) is 21.7. The molecule has 2 aromatic carbocycles. The van der Waals surface area contributed by atoms with Crippen LogP contribution in [0.5, 0.6) is 0 Å². The van der Waals surface area contributed by atoms with Crippen LogP contribution in [0.1, 0.15) is 48.2 Å². The first-order valence-corrected chi connectivity index (χ1v) is 13.8. The van der Waals surface area contributed by atoms with E-state index in [9.17, 15) is 4.79 Å². The van der Waals surface area contributed by atoms with Crippen LogP contribution in [0.3, 0.4) is 0 Å². The molecule has 2 fully saturated rings. The number of amides is 1. The number of carbonyl (C=O) groups is 1. The van der Waals surface area contributed by atoms with Gasteiger partial charge in [-0.05, 0) is 48.2 Å². The third kappa shape index (κ3) is 5.56. The van der Waals surface area contributed by atoms with Crippen LogP contribution >= 0.6 is 0 Å². The quantitative estimate of drug-likeness (QED) is 0.341. The van der Waals surface area contributed by atoms with E-state index in [2.05, 4.69) is 56.3 Å². The molecule has 1 amide bonds. The van der Waals surface area contributed by atoms with E-state index in [0.717, 1.165) is 55.2 Å². The summed E-state index contributed by atoms with van der Waals surface area (Å²) in [6.07, 6.45) is 10.2. The molecule has 0 bridgehead atoms. The number of nitrogens with one attached hydrogen (secondary N) is 3. The molecule has 1 aliphatic heterocycles. The molecular weight excluding hydrogens is 474 g/mol. The van der Waals surface area contributed by atoms with Crippen LogP contribution in [0.4, 0.5) is 11.4 Å². The molecule has 2 aromatic heterocycles. The van der Waals surface area contributed by atoms with Crippen molar-refractivity contribution in [3.8, 4) is 11.1 Å². The van der Waals surface area contributed by atoms with Gasteiger partial charge in [0, 0.05) is 61.9 Å². The van der Waals surface area contributed by atoms with Crippen LogP contribution in [-0.4, -0.2) is 52.7 Å². The van der Waals surface area contributed by atoms with E-state index in [0.29, 0.717) is 17.4 Å². The second-order valence-corrected chi connectivity index (χ2v) is 10.3. The summed E-state index contributed by atoms with van der Waals surface area (Å²) in [4.78, 5) is 20.2. The molecule has 1 saturated carbocycles. The van der Waals surface area contributed by atoms with Crippen molar-refractivity contribution in [2.75, 3.05) is 36.4 Å². The van der Waals surface area contributed by atoms with Gasteiger partial charge in [0.2, 0.25) is 0 Å². The number of carbonyl (C=O) groups excluding carboxylic acids is 1. The smallest absolute Gasteiger partial charge is 0.274 e. The van der Waals surface area contributed by atoms with Crippen LogP contribution in [0, 0.1) is 0 Å². The van der Waals surface area contributed by atoms with Crippen molar-refractivity contribution in [2.24, 2.45) is 0 Å². The fourth-order valence-corrected chi connectivity index (χ4v) is 5.47. The van der Waals surface area contributed by atoms with Crippen molar-refractivity contribution in [3.63, 3.8) is 0 Å². The molecule has 2 aliphatic rings. The van der Waals surface area contributed by atoms with Gasteiger partial charge in [-0.3, -0.25) is 4.79 Å². The van der Waals surface area contributed by atoms with Crippen LogP contribution in [-0.2, 0) is 6.54 Å². The first-order chi connectivity index (χ1) is 18.7. The zero-order chi connectivity index (χ0) is 25.7. The minimum absolute atomic E-state index is 0.235. The highest BCUT2D eigenvalue weighted by Gasteiger charge is 2.16. The third-order valence-electron chi connectivity index (χ3n) is 7.65. The van der Waals surface area contributed by atoms with Gasteiger partial charge in [-0.2, -0.15) is 5.10 Å². The standard InChI is InChI=1S/C30H35N7O/c38-30(34-25-7-4-8-26(19-25)36-17-14-31-15-18-36)28-13-16-37-29(35-28)27(21-33-37)23-11-9-22(10-12-23)20-32-24-5-2-1-3-6-24/h4,7-13,16,19,21,24,31-32H,1-3,5-6,14-15,17-18,20H2,(H,34,38). The summed E-state index contributed by atoms with van der Waals surface area (Å²) >= 11 is 0. The van der Waals surface area contributed by atoms with E-state index in [4.69, 9.17) is 4.98 Å². The summed E-state index contributed by atoms with van der Waals surface area (Å²) in [5.41, 5.74) is 6.12. The number of hydrogen-bond acceptors (Lipinski definition) is 6. The molecule has 8 heteroatoms.